The minimum Gasteiger partial charge on any atom is -0.481 e. The van der Waals surface area contributed by atoms with Crippen LogP contribution in [0.15, 0.2) is 12.4 Å². The lowest BCUT2D eigenvalue weighted by atomic mass is 10.2. The number of carboxylic acids is 1. The summed E-state index contributed by atoms with van der Waals surface area (Å²) in [5.74, 6) is -0.788. The maximum atomic E-state index is 10.5. The molecule has 1 saturated heterocycles. The van der Waals surface area contributed by atoms with Crippen molar-refractivity contribution in [2.75, 3.05) is 27.2 Å². The number of nitrogens with zero attached hydrogens (tertiary/aromatic N) is 4. The number of aromatic nitrogens is 2. The van der Waals surface area contributed by atoms with Gasteiger partial charge in [0.05, 0.1) is 19.2 Å². The highest BCUT2D eigenvalue weighted by Crippen LogP contribution is 2.16. The Morgan fingerprint density at radius 2 is 2.40 bits per heavy atom. The summed E-state index contributed by atoms with van der Waals surface area (Å²) in [6.45, 7) is 3.56. The van der Waals surface area contributed by atoms with Gasteiger partial charge in [0.25, 0.3) is 0 Å². The molecule has 2 rings (SSSR count). The first kappa shape index (κ1) is 15.0. The van der Waals surface area contributed by atoms with E-state index in [0.29, 0.717) is 12.6 Å². The molecular formula is C14H24N4O2. The molecule has 0 spiro atoms. The van der Waals surface area contributed by atoms with Gasteiger partial charge in [-0.3, -0.25) is 9.48 Å². The van der Waals surface area contributed by atoms with Gasteiger partial charge in [-0.05, 0) is 33.5 Å². The smallest absolute Gasteiger partial charge is 0.305 e. The normalized spacial score (nSPS) is 19.9. The Labute approximate surface area is 120 Å². The zero-order valence-electron chi connectivity index (χ0n) is 12.3. The highest BCUT2D eigenvalue weighted by Gasteiger charge is 2.22. The molecule has 112 valence electrons. The largest absolute Gasteiger partial charge is 0.481 e. The van der Waals surface area contributed by atoms with E-state index in [-0.39, 0.29) is 6.42 Å². The molecule has 0 bridgehead atoms. The van der Waals surface area contributed by atoms with E-state index in [1.165, 1.54) is 19.4 Å². The van der Waals surface area contributed by atoms with E-state index in [0.717, 1.165) is 18.7 Å². The number of aryl methyl sites for hydroxylation is 1. The Hall–Kier alpha value is -1.40. The lowest BCUT2D eigenvalue weighted by Gasteiger charge is -2.25. The molecule has 0 aliphatic carbocycles. The molecule has 0 saturated carbocycles. The van der Waals surface area contributed by atoms with Gasteiger partial charge in [0.15, 0.2) is 0 Å². The van der Waals surface area contributed by atoms with Crippen LogP contribution in [0.25, 0.3) is 0 Å². The van der Waals surface area contributed by atoms with E-state index in [4.69, 9.17) is 5.11 Å². The third-order valence-corrected chi connectivity index (χ3v) is 3.89. The number of hydrogen-bond acceptors (Lipinski definition) is 4. The van der Waals surface area contributed by atoms with Crippen molar-refractivity contribution in [1.82, 2.24) is 19.6 Å². The van der Waals surface area contributed by atoms with Crippen molar-refractivity contribution in [3.05, 3.63) is 18.0 Å². The molecule has 1 aromatic rings. The van der Waals surface area contributed by atoms with Crippen LogP contribution < -0.4 is 0 Å². The molecule has 1 aromatic heterocycles. The molecular weight excluding hydrogens is 256 g/mol. The second kappa shape index (κ2) is 6.85. The molecule has 1 aliphatic heterocycles. The van der Waals surface area contributed by atoms with Crippen molar-refractivity contribution < 1.29 is 9.90 Å². The van der Waals surface area contributed by atoms with Crippen LogP contribution in [0.3, 0.4) is 0 Å². The third-order valence-electron chi connectivity index (χ3n) is 3.89. The Balaban J connectivity index is 1.79. The van der Waals surface area contributed by atoms with Gasteiger partial charge in [-0.25, -0.2) is 0 Å². The van der Waals surface area contributed by atoms with Crippen molar-refractivity contribution >= 4 is 5.97 Å². The SMILES string of the molecule is CN(Cc1cnn(CCC(=O)O)c1)CC1CCCN1C. The van der Waals surface area contributed by atoms with E-state index in [2.05, 4.69) is 29.0 Å². The zero-order valence-corrected chi connectivity index (χ0v) is 12.3. The summed E-state index contributed by atoms with van der Waals surface area (Å²) in [4.78, 5) is 15.3. The van der Waals surface area contributed by atoms with Gasteiger partial charge in [-0.15, -0.1) is 0 Å². The van der Waals surface area contributed by atoms with Crippen molar-refractivity contribution in [3.8, 4) is 0 Å². The fourth-order valence-corrected chi connectivity index (χ4v) is 2.77. The Morgan fingerprint density at radius 1 is 1.60 bits per heavy atom. The summed E-state index contributed by atoms with van der Waals surface area (Å²) in [7, 11) is 4.32. The number of carbonyl (C=O) groups is 1. The molecule has 6 nitrogen and oxygen atoms in total. The van der Waals surface area contributed by atoms with Crippen LogP contribution in [0, 0.1) is 0 Å². The second-order valence-electron chi connectivity index (χ2n) is 5.73. The average Bonchev–Trinajstić information content (AvgIpc) is 2.97. The highest BCUT2D eigenvalue weighted by molar-refractivity contribution is 5.66. The lowest BCUT2D eigenvalue weighted by molar-refractivity contribution is -0.137. The van der Waals surface area contributed by atoms with Crippen LogP contribution >= 0.6 is 0 Å². The molecule has 1 N–H and O–H groups in total. The zero-order chi connectivity index (χ0) is 14.5. The maximum absolute atomic E-state index is 10.5. The third kappa shape index (κ3) is 4.31. The quantitative estimate of drug-likeness (QED) is 0.803. The van der Waals surface area contributed by atoms with Gasteiger partial charge in [-0.2, -0.15) is 5.10 Å². The standard InChI is InChI=1S/C14H24N4O2/c1-16(11-13-4-3-6-17(13)2)9-12-8-15-18(10-12)7-5-14(19)20/h8,10,13H,3-7,9,11H2,1-2H3,(H,19,20). The van der Waals surface area contributed by atoms with Gasteiger partial charge in [0.1, 0.15) is 0 Å². The van der Waals surface area contributed by atoms with Crippen LogP contribution in [0.2, 0.25) is 0 Å². The Bertz CT molecular complexity index is 446. The van der Waals surface area contributed by atoms with E-state index in [9.17, 15) is 4.79 Å². The first-order valence-corrected chi connectivity index (χ1v) is 7.16. The minimum atomic E-state index is -0.788. The van der Waals surface area contributed by atoms with E-state index < -0.39 is 5.97 Å². The summed E-state index contributed by atoms with van der Waals surface area (Å²) in [5.41, 5.74) is 1.14. The number of likely N-dealkylation sites (tertiary alicyclic amines) is 1. The fourth-order valence-electron chi connectivity index (χ4n) is 2.77. The second-order valence-corrected chi connectivity index (χ2v) is 5.73. The first-order chi connectivity index (χ1) is 9.54. The van der Waals surface area contributed by atoms with Gasteiger partial charge in [0.2, 0.25) is 0 Å². The van der Waals surface area contributed by atoms with Crippen molar-refractivity contribution in [3.63, 3.8) is 0 Å². The maximum Gasteiger partial charge on any atom is 0.305 e. The van der Waals surface area contributed by atoms with E-state index >= 15 is 0 Å². The number of aliphatic carboxylic acids is 1. The fraction of sp³-hybridized carbons (Fsp3) is 0.714. The predicted molar refractivity (Wildman–Crippen MR) is 76.5 cm³/mol. The van der Waals surface area contributed by atoms with Gasteiger partial charge in [0, 0.05) is 30.9 Å². The molecule has 20 heavy (non-hydrogen) atoms. The van der Waals surface area contributed by atoms with Crippen molar-refractivity contribution in [2.45, 2.75) is 38.4 Å². The van der Waals surface area contributed by atoms with Gasteiger partial charge in [-0.1, -0.05) is 0 Å². The Kier molecular flexibility index (Phi) is 5.14. The molecule has 0 radical (unpaired) electrons. The van der Waals surface area contributed by atoms with Crippen LogP contribution in [-0.4, -0.2) is 63.9 Å². The average molecular weight is 280 g/mol. The molecule has 0 aromatic carbocycles. The van der Waals surface area contributed by atoms with Gasteiger partial charge < -0.3 is 14.9 Å². The summed E-state index contributed by atoms with van der Waals surface area (Å²) in [6.07, 6.45) is 6.46. The summed E-state index contributed by atoms with van der Waals surface area (Å²) < 4.78 is 1.71. The lowest BCUT2D eigenvalue weighted by Crippen LogP contribution is -2.36. The molecule has 1 unspecified atom stereocenters. The minimum absolute atomic E-state index is 0.115. The summed E-state index contributed by atoms with van der Waals surface area (Å²) in [5, 5.41) is 12.9. The molecule has 0 amide bonds. The van der Waals surface area contributed by atoms with Crippen LogP contribution in [0.4, 0.5) is 0 Å². The van der Waals surface area contributed by atoms with Crippen LogP contribution in [0.5, 0.6) is 0 Å². The monoisotopic (exact) mass is 280 g/mol. The first-order valence-electron chi connectivity index (χ1n) is 7.16. The summed E-state index contributed by atoms with van der Waals surface area (Å²) >= 11 is 0. The molecule has 1 fully saturated rings. The highest BCUT2D eigenvalue weighted by atomic mass is 16.4. The molecule has 6 heteroatoms. The van der Waals surface area contributed by atoms with Crippen LogP contribution in [-0.2, 0) is 17.9 Å². The van der Waals surface area contributed by atoms with Crippen LogP contribution in [0.1, 0.15) is 24.8 Å². The van der Waals surface area contributed by atoms with Gasteiger partial charge >= 0.3 is 5.97 Å². The molecule has 2 heterocycles. The van der Waals surface area contributed by atoms with Crippen molar-refractivity contribution in [1.29, 1.82) is 0 Å². The number of hydrogen-bond donors (Lipinski definition) is 1. The van der Waals surface area contributed by atoms with E-state index in [1.54, 1.807) is 4.68 Å². The molecule has 1 atom stereocenters. The number of likely N-dealkylation sites (N-methyl/N-ethyl adjacent to an activating group) is 2. The number of carboxylic acid groups (broad SMARTS) is 1. The predicted octanol–water partition coefficient (Wildman–Crippen LogP) is 0.884. The summed E-state index contributed by atoms with van der Waals surface area (Å²) in [6, 6.07) is 0.655. The molecule has 1 aliphatic rings. The topological polar surface area (TPSA) is 61.6 Å². The Morgan fingerprint density at radius 3 is 3.05 bits per heavy atom. The van der Waals surface area contributed by atoms with Crippen molar-refractivity contribution in [2.24, 2.45) is 0 Å². The number of rotatable bonds is 7. The van der Waals surface area contributed by atoms with E-state index in [1.807, 2.05) is 12.4 Å².